The van der Waals surface area contributed by atoms with Crippen molar-refractivity contribution in [3.63, 3.8) is 0 Å². The van der Waals surface area contributed by atoms with Crippen LogP contribution in [0.25, 0.3) is 22.3 Å². The van der Waals surface area contributed by atoms with Gasteiger partial charge in [-0.1, -0.05) is 42.5 Å². The predicted octanol–water partition coefficient (Wildman–Crippen LogP) is -2.27. The van der Waals surface area contributed by atoms with Gasteiger partial charge in [-0.25, -0.2) is 0 Å². The minimum Gasteiger partial charge on any atom is -0.456 e. The summed E-state index contributed by atoms with van der Waals surface area (Å²) in [6.07, 6.45) is -12.7. The first kappa shape index (κ1) is 34.7. The molecule has 3 rings (SSSR count). The molecule has 0 saturated carbocycles. The highest BCUT2D eigenvalue weighted by Gasteiger charge is 2.29. The molecule has 40 heavy (non-hydrogen) atoms. The Morgan fingerprint density at radius 1 is 0.725 bits per heavy atom. The van der Waals surface area contributed by atoms with Crippen molar-refractivity contribution in [1.82, 2.24) is 0 Å². The van der Waals surface area contributed by atoms with Crippen molar-refractivity contribution < 1.29 is 60.0 Å². The van der Waals surface area contributed by atoms with Crippen molar-refractivity contribution in [2.24, 2.45) is 0 Å². The molecular weight excluding hydrogens is 532 g/mol. The standard InChI is InChI=1S/C15H10O2.C6H12O6.C6H12O5/c16-13-10-15(11-6-2-1-3-7-11)17-14-9-5-4-8-12(13)14;7-1-3(9)5(11)6(12)4(10)2-8;1-3(8)5(10)6(11)4(9)2-7/h1-10H;1,3-6,8-12H,2H2;2-6,8-11H,1H3. The third kappa shape index (κ3) is 10.3. The Morgan fingerprint density at radius 2 is 1.23 bits per heavy atom. The van der Waals surface area contributed by atoms with Gasteiger partial charge in [0, 0.05) is 11.6 Å². The molecule has 0 bridgehead atoms. The van der Waals surface area contributed by atoms with E-state index in [4.69, 9.17) is 50.4 Å². The number of carbonyl (C=O) groups excluding carboxylic acids is 2. The fourth-order valence-corrected chi connectivity index (χ4v) is 3.03. The minimum absolute atomic E-state index is 0.00861. The molecule has 9 N–H and O–H groups in total. The number of fused-ring (bicyclic) bond motifs is 1. The van der Waals surface area contributed by atoms with Crippen LogP contribution in [-0.4, -0.2) is 114 Å². The minimum atomic E-state index is -1.79. The molecule has 0 fully saturated rings. The van der Waals surface area contributed by atoms with Gasteiger partial charge < -0.3 is 60.0 Å². The van der Waals surface area contributed by atoms with Gasteiger partial charge in [-0.2, -0.15) is 0 Å². The van der Waals surface area contributed by atoms with Crippen LogP contribution in [0.5, 0.6) is 0 Å². The van der Waals surface area contributed by atoms with Crippen molar-refractivity contribution in [2.45, 2.75) is 55.8 Å². The van der Waals surface area contributed by atoms with Gasteiger partial charge in [0.2, 0.25) is 0 Å². The molecule has 0 saturated heterocycles. The summed E-state index contributed by atoms with van der Waals surface area (Å²) in [5.74, 6) is 0.606. The molecule has 3 aromatic rings. The van der Waals surface area contributed by atoms with Crippen molar-refractivity contribution in [3.05, 3.63) is 70.9 Å². The SMILES string of the molecule is CC(O)C(O)C(O)C(O)C=O.O=CC(O)C(O)C(O)C(O)CO.O=c1cc(-c2ccccc2)oc2ccccc12. The van der Waals surface area contributed by atoms with Gasteiger partial charge in [-0.05, 0) is 19.1 Å². The summed E-state index contributed by atoms with van der Waals surface area (Å²) >= 11 is 0. The Bertz CT molecular complexity index is 1210. The van der Waals surface area contributed by atoms with Gasteiger partial charge in [0.15, 0.2) is 18.0 Å². The van der Waals surface area contributed by atoms with Crippen LogP contribution in [0.4, 0.5) is 0 Å². The molecule has 0 spiro atoms. The molecule has 13 nitrogen and oxygen atoms in total. The number of rotatable bonds is 10. The molecule has 1 heterocycles. The molecule has 2 aromatic carbocycles. The molecule has 0 amide bonds. The van der Waals surface area contributed by atoms with Crippen molar-refractivity contribution in [3.8, 4) is 11.3 Å². The molecule has 0 aliphatic heterocycles. The van der Waals surface area contributed by atoms with Crippen LogP contribution in [-0.2, 0) is 9.59 Å². The van der Waals surface area contributed by atoms with Gasteiger partial charge in [0.05, 0.1) is 18.1 Å². The second-order valence-corrected chi connectivity index (χ2v) is 8.54. The maximum absolute atomic E-state index is 11.9. The first-order valence-electron chi connectivity index (χ1n) is 11.9. The van der Waals surface area contributed by atoms with E-state index in [-0.39, 0.29) is 18.0 Å². The third-order valence-corrected chi connectivity index (χ3v) is 5.45. The van der Waals surface area contributed by atoms with E-state index in [0.717, 1.165) is 5.56 Å². The lowest BCUT2D eigenvalue weighted by atomic mass is 10.0. The first-order valence-corrected chi connectivity index (χ1v) is 11.9. The lowest BCUT2D eigenvalue weighted by Crippen LogP contribution is -2.46. The van der Waals surface area contributed by atoms with Gasteiger partial charge in [0.1, 0.15) is 54.1 Å². The zero-order chi connectivity index (χ0) is 30.4. The second kappa shape index (κ2) is 17.3. The molecule has 1 aromatic heterocycles. The van der Waals surface area contributed by atoms with E-state index in [1.807, 2.05) is 48.5 Å². The molecule has 8 atom stereocenters. The highest BCUT2D eigenvalue weighted by atomic mass is 16.4. The fourth-order valence-electron chi connectivity index (χ4n) is 3.03. The summed E-state index contributed by atoms with van der Waals surface area (Å²) in [6.45, 7) is 0.481. The highest BCUT2D eigenvalue weighted by molar-refractivity contribution is 5.78. The molecule has 13 heteroatoms. The maximum atomic E-state index is 11.9. The van der Waals surface area contributed by atoms with Crippen LogP contribution in [0.2, 0.25) is 0 Å². The topological polar surface area (TPSA) is 246 Å². The van der Waals surface area contributed by atoms with Crippen molar-refractivity contribution in [1.29, 1.82) is 0 Å². The zero-order valence-corrected chi connectivity index (χ0v) is 21.4. The summed E-state index contributed by atoms with van der Waals surface area (Å²) in [5, 5.41) is 79.3. The van der Waals surface area contributed by atoms with Gasteiger partial charge >= 0.3 is 0 Å². The number of hydrogen-bond donors (Lipinski definition) is 9. The average Bonchev–Trinajstić information content (AvgIpc) is 2.99. The van der Waals surface area contributed by atoms with Gasteiger partial charge in [-0.15, -0.1) is 0 Å². The summed E-state index contributed by atoms with van der Waals surface area (Å²) in [6, 6.07) is 18.4. The van der Waals surface area contributed by atoms with Crippen LogP contribution >= 0.6 is 0 Å². The summed E-state index contributed by atoms with van der Waals surface area (Å²) < 4.78 is 5.73. The van der Waals surface area contributed by atoms with Crippen LogP contribution < -0.4 is 5.43 Å². The molecule has 0 aliphatic rings. The Kier molecular flexibility index (Phi) is 15.0. The Morgan fingerprint density at radius 3 is 1.73 bits per heavy atom. The lowest BCUT2D eigenvalue weighted by Gasteiger charge is -2.22. The summed E-state index contributed by atoms with van der Waals surface area (Å²) in [5.41, 5.74) is 1.53. The van der Waals surface area contributed by atoms with E-state index in [2.05, 4.69) is 0 Å². The lowest BCUT2D eigenvalue weighted by molar-refractivity contribution is -0.136. The van der Waals surface area contributed by atoms with E-state index in [9.17, 15) is 14.4 Å². The van der Waals surface area contributed by atoms with Gasteiger partial charge in [0.25, 0.3) is 0 Å². The quantitative estimate of drug-likeness (QED) is 0.118. The largest absolute Gasteiger partial charge is 0.456 e. The number of aliphatic hydroxyl groups excluding tert-OH is 9. The fraction of sp³-hybridized carbons (Fsp3) is 0.370. The molecule has 0 aliphatic carbocycles. The zero-order valence-electron chi connectivity index (χ0n) is 21.4. The smallest absolute Gasteiger partial charge is 0.193 e. The monoisotopic (exact) mass is 566 g/mol. The molecule has 220 valence electrons. The van der Waals surface area contributed by atoms with E-state index in [1.165, 1.54) is 13.0 Å². The van der Waals surface area contributed by atoms with Crippen molar-refractivity contribution in [2.75, 3.05) is 6.61 Å². The van der Waals surface area contributed by atoms with E-state index >= 15 is 0 Å². The molecule has 0 radical (unpaired) electrons. The predicted molar refractivity (Wildman–Crippen MR) is 141 cm³/mol. The Balaban J connectivity index is 0.000000313. The number of hydrogen-bond acceptors (Lipinski definition) is 13. The number of benzene rings is 2. The number of aldehydes is 2. The normalized spacial score (nSPS) is 16.9. The van der Waals surface area contributed by atoms with E-state index < -0.39 is 55.4 Å². The Hall–Kier alpha value is -3.37. The molecule has 8 unspecified atom stereocenters. The van der Waals surface area contributed by atoms with E-state index in [1.54, 1.807) is 6.07 Å². The maximum Gasteiger partial charge on any atom is 0.193 e. The summed E-state index contributed by atoms with van der Waals surface area (Å²) in [4.78, 5) is 31.7. The van der Waals surface area contributed by atoms with E-state index in [0.29, 0.717) is 16.7 Å². The molecular formula is C27H34O13. The number of aliphatic hydroxyl groups is 9. The third-order valence-electron chi connectivity index (χ3n) is 5.45. The average molecular weight is 567 g/mol. The van der Waals surface area contributed by atoms with Crippen LogP contribution in [0.15, 0.2) is 69.9 Å². The van der Waals surface area contributed by atoms with Crippen LogP contribution in [0.3, 0.4) is 0 Å². The first-order chi connectivity index (χ1) is 18.9. The second-order valence-electron chi connectivity index (χ2n) is 8.54. The van der Waals surface area contributed by atoms with Crippen LogP contribution in [0.1, 0.15) is 6.92 Å². The Labute approximate surface area is 228 Å². The highest BCUT2D eigenvalue weighted by Crippen LogP contribution is 2.21. The van der Waals surface area contributed by atoms with Crippen molar-refractivity contribution >= 4 is 23.5 Å². The van der Waals surface area contributed by atoms with Crippen LogP contribution in [0, 0.1) is 0 Å². The van der Waals surface area contributed by atoms with Gasteiger partial charge in [-0.3, -0.25) is 4.79 Å². The summed E-state index contributed by atoms with van der Waals surface area (Å²) in [7, 11) is 0. The number of carbonyl (C=O) groups is 2. The number of para-hydroxylation sites is 1.